The van der Waals surface area contributed by atoms with Gasteiger partial charge >= 0.3 is 0 Å². The van der Waals surface area contributed by atoms with Crippen LogP contribution in [0.4, 0.5) is 5.95 Å². The molecule has 5 nitrogen and oxygen atoms in total. The first-order chi connectivity index (χ1) is 9.74. The number of nitrogens with one attached hydrogen (secondary N) is 2. The van der Waals surface area contributed by atoms with Gasteiger partial charge in [0.1, 0.15) is 11.8 Å². The Kier molecular flexibility index (Phi) is 3.32. The molecule has 0 amide bonds. The first kappa shape index (κ1) is 12.6. The van der Waals surface area contributed by atoms with Gasteiger partial charge in [0, 0.05) is 25.3 Å². The van der Waals surface area contributed by atoms with Crippen LogP contribution in [0.3, 0.4) is 0 Å². The topological polar surface area (TPSA) is 73.6 Å². The second-order valence-electron chi connectivity index (χ2n) is 4.89. The molecular formula is C15H15N5. The largest absolute Gasteiger partial charge is 0.350 e. The van der Waals surface area contributed by atoms with Crippen molar-refractivity contribution in [3.63, 3.8) is 0 Å². The van der Waals surface area contributed by atoms with E-state index in [1.165, 1.54) is 16.7 Å². The fourth-order valence-corrected chi connectivity index (χ4v) is 2.34. The van der Waals surface area contributed by atoms with Crippen LogP contribution in [0.5, 0.6) is 0 Å². The Bertz CT molecular complexity index is 687. The summed E-state index contributed by atoms with van der Waals surface area (Å²) in [7, 11) is 0. The van der Waals surface area contributed by atoms with E-state index in [-0.39, 0.29) is 0 Å². The van der Waals surface area contributed by atoms with Crippen LogP contribution in [-0.2, 0) is 19.6 Å². The van der Waals surface area contributed by atoms with Crippen LogP contribution >= 0.6 is 0 Å². The number of nitrogens with zero attached hydrogens (tertiary/aromatic N) is 3. The molecule has 0 bridgehead atoms. The summed E-state index contributed by atoms with van der Waals surface area (Å²) in [6.45, 7) is 4.40. The molecule has 0 saturated carbocycles. The number of rotatable bonds is 3. The van der Waals surface area contributed by atoms with E-state index >= 15 is 0 Å². The molecule has 100 valence electrons. The third kappa shape index (κ3) is 2.60. The molecule has 0 fully saturated rings. The van der Waals surface area contributed by atoms with E-state index in [0.717, 1.165) is 18.8 Å². The summed E-state index contributed by atoms with van der Waals surface area (Å²) in [5, 5.41) is 15.4. The predicted octanol–water partition coefficient (Wildman–Crippen LogP) is 1.87. The van der Waals surface area contributed by atoms with E-state index in [1.807, 2.05) is 13.0 Å². The summed E-state index contributed by atoms with van der Waals surface area (Å²) in [4.78, 5) is 8.43. The molecule has 3 rings (SSSR count). The van der Waals surface area contributed by atoms with Gasteiger partial charge in [-0.25, -0.2) is 9.97 Å². The van der Waals surface area contributed by atoms with E-state index in [2.05, 4.69) is 38.8 Å². The first-order valence-electron chi connectivity index (χ1n) is 6.55. The molecule has 1 aromatic heterocycles. The van der Waals surface area contributed by atoms with Gasteiger partial charge in [-0.1, -0.05) is 18.2 Å². The van der Waals surface area contributed by atoms with Crippen molar-refractivity contribution in [1.29, 1.82) is 5.26 Å². The molecule has 2 N–H and O–H groups in total. The summed E-state index contributed by atoms with van der Waals surface area (Å²) < 4.78 is 0. The maximum Gasteiger partial charge on any atom is 0.224 e. The van der Waals surface area contributed by atoms with Crippen LogP contribution in [0, 0.1) is 18.3 Å². The fraction of sp³-hybridized carbons (Fsp3) is 0.267. The van der Waals surface area contributed by atoms with Crippen molar-refractivity contribution < 1.29 is 0 Å². The Hall–Kier alpha value is -2.45. The zero-order valence-electron chi connectivity index (χ0n) is 11.3. The fourth-order valence-electron chi connectivity index (χ4n) is 2.34. The second kappa shape index (κ2) is 5.27. The molecule has 0 aliphatic carbocycles. The standard InChI is InChI=1S/C15H15N5/c1-10-4-14(6-16)20-15(19-10)18-7-11-2-3-12-8-17-9-13(12)5-11/h2-5,17H,7-9H2,1H3,(H,18,19,20). The Morgan fingerprint density at radius 3 is 2.95 bits per heavy atom. The molecule has 0 radical (unpaired) electrons. The molecule has 1 aliphatic heterocycles. The minimum Gasteiger partial charge on any atom is -0.350 e. The molecule has 0 atom stereocenters. The summed E-state index contributed by atoms with van der Waals surface area (Å²) in [5.41, 5.74) is 5.09. The SMILES string of the molecule is Cc1cc(C#N)nc(NCc2ccc3c(c2)CNC3)n1. The van der Waals surface area contributed by atoms with Gasteiger partial charge in [0.25, 0.3) is 0 Å². The van der Waals surface area contributed by atoms with Gasteiger partial charge in [0.15, 0.2) is 0 Å². The number of hydrogen-bond donors (Lipinski definition) is 2. The maximum atomic E-state index is 8.90. The van der Waals surface area contributed by atoms with Crippen molar-refractivity contribution in [3.8, 4) is 6.07 Å². The van der Waals surface area contributed by atoms with Crippen LogP contribution in [-0.4, -0.2) is 9.97 Å². The van der Waals surface area contributed by atoms with Crippen molar-refractivity contribution in [1.82, 2.24) is 15.3 Å². The Morgan fingerprint density at radius 2 is 2.10 bits per heavy atom. The molecule has 2 aromatic rings. The van der Waals surface area contributed by atoms with Crippen molar-refractivity contribution in [3.05, 3.63) is 52.3 Å². The number of hydrogen-bond acceptors (Lipinski definition) is 5. The van der Waals surface area contributed by atoms with E-state index in [4.69, 9.17) is 5.26 Å². The number of nitriles is 1. The number of aryl methyl sites for hydroxylation is 1. The average molecular weight is 265 g/mol. The summed E-state index contributed by atoms with van der Waals surface area (Å²) >= 11 is 0. The maximum absolute atomic E-state index is 8.90. The van der Waals surface area contributed by atoms with Crippen LogP contribution in [0.1, 0.15) is 28.1 Å². The monoisotopic (exact) mass is 265 g/mol. The third-order valence-corrected chi connectivity index (χ3v) is 3.32. The Balaban J connectivity index is 1.73. The zero-order chi connectivity index (χ0) is 13.9. The van der Waals surface area contributed by atoms with Gasteiger partial charge in [0.05, 0.1) is 0 Å². The lowest BCUT2D eigenvalue weighted by Gasteiger charge is -2.07. The third-order valence-electron chi connectivity index (χ3n) is 3.32. The highest BCUT2D eigenvalue weighted by atomic mass is 15.1. The number of fused-ring (bicyclic) bond motifs is 1. The van der Waals surface area contributed by atoms with E-state index in [9.17, 15) is 0 Å². The minimum atomic E-state index is 0.387. The summed E-state index contributed by atoms with van der Waals surface area (Å²) in [5.74, 6) is 0.500. The number of benzene rings is 1. The van der Waals surface area contributed by atoms with Crippen molar-refractivity contribution in [2.24, 2.45) is 0 Å². The average Bonchev–Trinajstić information content (AvgIpc) is 2.92. The molecule has 0 unspecified atom stereocenters. The molecule has 20 heavy (non-hydrogen) atoms. The smallest absolute Gasteiger partial charge is 0.224 e. The lowest BCUT2D eigenvalue weighted by Crippen LogP contribution is -2.06. The predicted molar refractivity (Wildman–Crippen MR) is 75.8 cm³/mol. The van der Waals surface area contributed by atoms with Crippen LogP contribution in [0.25, 0.3) is 0 Å². The zero-order valence-corrected chi connectivity index (χ0v) is 11.3. The molecule has 2 heterocycles. The second-order valence-corrected chi connectivity index (χ2v) is 4.89. The Labute approximate surface area is 117 Å². The van der Waals surface area contributed by atoms with Crippen molar-refractivity contribution in [2.45, 2.75) is 26.6 Å². The first-order valence-corrected chi connectivity index (χ1v) is 6.55. The Morgan fingerprint density at radius 1 is 1.25 bits per heavy atom. The lowest BCUT2D eigenvalue weighted by atomic mass is 10.1. The molecule has 0 spiro atoms. The molecule has 1 aliphatic rings. The summed E-state index contributed by atoms with van der Waals surface area (Å²) in [6.07, 6.45) is 0. The van der Waals surface area contributed by atoms with E-state index in [1.54, 1.807) is 6.07 Å². The highest BCUT2D eigenvalue weighted by molar-refractivity contribution is 5.38. The number of aromatic nitrogens is 2. The van der Waals surface area contributed by atoms with Gasteiger partial charge in [-0.15, -0.1) is 0 Å². The molecule has 0 saturated heterocycles. The van der Waals surface area contributed by atoms with Gasteiger partial charge in [-0.3, -0.25) is 0 Å². The normalized spacial score (nSPS) is 12.8. The van der Waals surface area contributed by atoms with Crippen LogP contribution < -0.4 is 10.6 Å². The van der Waals surface area contributed by atoms with Gasteiger partial charge in [0.2, 0.25) is 5.95 Å². The lowest BCUT2D eigenvalue weighted by molar-refractivity contribution is 0.764. The van der Waals surface area contributed by atoms with Crippen molar-refractivity contribution >= 4 is 5.95 Å². The van der Waals surface area contributed by atoms with E-state index in [0.29, 0.717) is 18.2 Å². The minimum absolute atomic E-state index is 0.387. The van der Waals surface area contributed by atoms with Gasteiger partial charge in [-0.2, -0.15) is 5.26 Å². The van der Waals surface area contributed by atoms with Gasteiger partial charge < -0.3 is 10.6 Å². The van der Waals surface area contributed by atoms with Crippen LogP contribution in [0.15, 0.2) is 24.3 Å². The molecule has 5 heteroatoms. The molecule has 1 aromatic carbocycles. The number of anilines is 1. The van der Waals surface area contributed by atoms with Crippen molar-refractivity contribution in [2.75, 3.05) is 5.32 Å². The van der Waals surface area contributed by atoms with E-state index < -0.39 is 0 Å². The summed E-state index contributed by atoms with van der Waals surface area (Å²) in [6, 6.07) is 10.2. The molecular weight excluding hydrogens is 250 g/mol. The van der Waals surface area contributed by atoms with Gasteiger partial charge in [-0.05, 0) is 29.7 Å². The highest BCUT2D eigenvalue weighted by Gasteiger charge is 2.10. The quantitative estimate of drug-likeness (QED) is 0.886. The van der Waals surface area contributed by atoms with Crippen LogP contribution in [0.2, 0.25) is 0 Å². The highest BCUT2D eigenvalue weighted by Crippen LogP contribution is 2.17.